The molecule has 0 radical (unpaired) electrons. The summed E-state index contributed by atoms with van der Waals surface area (Å²) in [6.07, 6.45) is 2.01. The van der Waals surface area contributed by atoms with Gasteiger partial charge in [-0.25, -0.2) is 0 Å². The molecular weight excluding hydrogens is 178 g/mol. The van der Waals surface area contributed by atoms with Crippen molar-refractivity contribution in [2.75, 3.05) is 13.2 Å². The lowest BCUT2D eigenvalue weighted by Crippen LogP contribution is -2.39. The second-order valence-corrected chi connectivity index (χ2v) is 4.66. The molecule has 1 saturated heterocycles. The van der Waals surface area contributed by atoms with E-state index in [-0.39, 0.29) is 6.10 Å². The van der Waals surface area contributed by atoms with E-state index in [2.05, 4.69) is 26.1 Å². The van der Waals surface area contributed by atoms with Crippen LogP contribution in [0.1, 0.15) is 33.6 Å². The van der Waals surface area contributed by atoms with Crippen LogP contribution in [0, 0.1) is 5.92 Å². The highest BCUT2D eigenvalue weighted by Crippen LogP contribution is 2.13. The third-order valence-electron chi connectivity index (χ3n) is 2.74. The standard InChI is InChI=1S/C11H23NO2/c1-8(2)6-10(13)7-12-11-4-5-14-9(11)3/h8-13H,4-7H2,1-3H3. The van der Waals surface area contributed by atoms with Crippen molar-refractivity contribution in [2.45, 2.75) is 51.9 Å². The molecule has 1 aliphatic rings. The van der Waals surface area contributed by atoms with Crippen LogP contribution in [0.3, 0.4) is 0 Å². The summed E-state index contributed by atoms with van der Waals surface area (Å²) in [5, 5.41) is 13.0. The molecule has 0 bridgehead atoms. The van der Waals surface area contributed by atoms with Crippen molar-refractivity contribution in [1.29, 1.82) is 0 Å². The van der Waals surface area contributed by atoms with E-state index in [9.17, 15) is 5.11 Å². The van der Waals surface area contributed by atoms with Crippen molar-refractivity contribution in [3.63, 3.8) is 0 Å². The maximum atomic E-state index is 9.66. The summed E-state index contributed by atoms with van der Waals surface area (Å²) in [4.78, 5) is 0. The number of rotatable bonds is 5. The van der Waals surface area contributed by atoms with Gasteiger partial charge in [-0.15, -0.1) is 0 Å². The molecule has 84 valence electrons. The molecule has 2 N–H and O–H groups in total. The van der Waals surface area contributed by atoms with Crippen LogP contribution in [0.4, 0.5) is 0 Å². The summed E-state index contributed by atoms with van der Waals surface area (Å²) in [5.74, 6) is 0.559. The average molecular weight is 201 g/mol. The number of aliphatic hydroxyl groups excluding tert-OH is 1. The van der Waals surface area contributed by atoms with Gasteiger partial charge in [-0.1, -0.05) is 13.8 Å². The van der Waals surface area contributed by atoms with Gasteiger partial charge in [0.25, 0.3) is 0 Å². The molecule has 1 fully saturated rings. The van der Waals surface area contributed by atoms with E-state index in [4.69, 9.17) is 4.74 Å². The van der Waals surface area contributed by atoms with E-state index >= 15 is 0 Å². The molecule has 0 aromatic carbocycles. The summed E-state index contributed by atoms with van der Waals surface area (Å²) in [5.41, 5.74) is 0. The van der Waals surface area contributed by atoms with Crippen molar-refractivity contribution in [3.8, 4) is 0 Å². The molecule has 0 spiro atoms. The number of hydrogen-bond acceptors (Lipinski definition) is 3. The van der Waals surface area contributed by atoms with Gasteiger partial charge in [0, 0.05) is 19.2 Å². The van der Waals surface area contributed by atoms with Gasteiger partial charge in [0.15, 0.2) is 0 Å². The fourth-order valence-electron chi connectivity index (χ4n) is 1.91. The summed E-state index contributed by atoms with van der Waals surface area (Å²) in [6, 6.07) is 0.428. The molecule has 3 heteroatoms. The van der Waals surface area contributed by atoms with Gasteiger partial charge in [-0.3, -0.25) is 0 Å². The van der Waals surface area contributed by atoms with Gasteiger partial charge < -0.3 is 15.2 Å². The zero-order chi connectivity index (χ0) is 10.6. The first-order valence-electron chi connectivity index (χ1n) is 5.62. The van der Waals surface area contributed by atoms with Crippen LogP contribution in [0.25, 0.3) is 0 Å². The van der Waals surface area contributed by atoms with Crippen LogP contribution in [-0.2, 0) is 4.74 Å². The topological polar surface area (TPSA) is 41.5 Å². The van der Waals surface area contributed by atoms with E-state index in [1.54, 1.807) is 0 Å². The van der Waals surface area contributed by atoms with Crippen LogP contribution in [0.15, 0.2) is 0 Å². The molecule has 3 atom stereocenters. The first-order valence-corrected chi connectivity index (χ1v) is 5.62. The van der Waals surface area contributed by atoms with Crippen molar-refractivity contribution in [2.24, 2.45) is 5.92 Å². The highest BCUT2D eigenvalue weighted by molar-refractivity contribution is 4.80. The van der Waals surface area contributed by atoms with Crippen LogP contribution >= 0.6 is 0 Å². The minimum atomic E-state index is -0.220. The molecular formula is C11H23NO2. The lowest BCUT2D eigenvalue weighted by molar-refractivity contribution is 0.103. The largest absolute Gasteiger partial charge is 0.392 e. The normalized spacial score (nSPS) is 29.8. The quantitative estimate of drug-likeness (QED) is 0.701. The maximum absolute atomic E-state index is 9.66. The zero-order valence-corrected chi connectivity index (χ0v) is 9.49. The van der Waals surface area contributed by atoms with Crippen LogP contribution in [0.2, 0.25) is 0 Å². The third kappa shape index (κ3) is 3.95. The van der Waals surface area contributed by atoms with Gasteiger partial charge in [-0.2, -0.15) is 0 Å². The number of nitrogens with one attached hydrogen (secondary N) is 1. The first kappa shape index (κ1) is 12.0. The Morgan fingerprint density at radius 2 is 2.21 bits per heavy atom. The van der Waals surface area contributed by atoms with Crippen LogP contribution < -0.4 is 5.32 Å². The lowest BCUT2D eigenvalue weighted by atomic mass is 10.1. The Morgan fingerprint density at radius 3 is 2.71 bits per heavy atom. The summed E-state index contributed by atoms with van der Waals surface area (Å²) in [6.45, 7) is 7.88. The fourth-order valence-corrected chi connectivity index (χ4v) is 1.91. The van der Waals surface area contributed by atoms with Gasteiger partial charge in [-0.05, 0) is 25.7 Å². The molecule has 1 aliphatic heterocycles. The smallest absolute Gasteiger partial charge is 0.0700 e. The van der Waals surface area contributed by atoms with Gasteiger partial charge in [0.1, 0.15) is 0 Å². The Balaban J connectivity index is 2.13. The predicted molar refractivity (Wildman–Crippen MR) is 57.3 cm³/mol. The van der Waals surface area contributed by atoms with E-state index in [0.29, 0.717) is 24.6 Å². The maximum Gasteiger partial charge on any atom is 0.0700 e. The average Bonchev–Trinajstić information content (AvgIpc) is 2.46. The number of hydrogen-bond donors (Lipinski definition) is 2. The van der Waals surface area contributed by atoms with Gasteiger partial charge in [0.2, 0.25) is 0 Å². The summed E-state index contributed by atoms with van der Waals surface area (Å²) >= 11 is 0. The van der Waals surface area contributed by atoms with Crippen molar-refractivity contribution < 1.29 is 9.84 Å². The van der Waals surface area contributed by atoms with E-state index in [0.717, 1.165) is 19.4 Å². The van der Waals surface area contributed by atoms with Crippen LogP contribution in [0.5, 0.6) is 0 Å². The van der Waals surface area contributed by atoms with Crippen LogP contribution in [-0.4, -0.2) is 36.5 Å². The molecule has 0 amide bonds. The SMILES string of the molecule is CC(C)CC(O)CNC1CCOC1C. The molecule has 0 aromatic rings. The van der Waals surface area contributed by atoms with Crippen molar-refractivity contribution in [1.82, 2.24) is 5.32 Å². The van der Waals surface area contributed by atoms with E-state index in [1.807, 2.05) is 0 Å². The molecule has 1 heterocycles. The molecule has 3 unspecified atom stereocenters. The highest BCUT2D eigenvalue weighted by Gasteiger charge is 2.24. The highest BCUT2D eigenvalue weighted by atomic mass is 16.5. The molecule has 0 aromatic heterocycles. The second kappa shape index (κ2) is 5.69. The molecule has 1 rings (SSSR count). The van der Waals surface area contributed by atoms with Gasteiger partial charge >= 0.3 is 0 Å². The lowest BCUT2D eigenvalue weighted by Gasteiger charge is -2.19. The monoisotopic (exact) mass is 201 g/mol. The third-order valence-corrected chi connectivity index (χ3v) is 2.74. The predicted octanol–water partition coefficient (Wildman–Crippen LogP) is 1.16. The number of aliphatic hydroxyl groups is 1. The minimum Gasteiger partial charge on any atom is -0.392 e. The van der Waals surface area contributed by atoms with E-state index in [1.165, 1.54) is 0 Å². The Kier molecular flexibility index (Phi) is 4.85. The fraction of sp³-hybridized carbons (Fsp3) is 1.00. The first-order chi connectivity index (χ1) is 6.59. The molecule has 0 saturated carbocycles. The Morgan fingerprint density at radius 1 is 1.50 bits per heavy atom. The van der Waals surface area contributed by atoms with Crippen molar-refractivity contribution >= 4 is 0 Å². The van der Waals surface area contributed by atoms with E-state index < -0.39 is 0 Å². The molecule has 0 aliphatic carbocycles. The molecule has 3 nitrogen and oxygen atoms in total. The minimum absolute atomic E-state index is 0.220. The summed E-state index contributed by atoms with van der Waals surface area (Å²) in [7, 11) is 0. The Bertz CT molecular complexity index is 161. The Hall–Kier alpha value is -0.120. The second-order valence-electron chi connectivity index (χ2n) is 4.66. The zero-order valence-electron chi connectivity index (χ0n) is 9.49. The summed E-state index contributed by atoms with van der Waals surface area (Å²) < 4.78 is 5.43. The number of ether oxygens (including phenoxy) is 1. The molecule has 14 heavy (non-hydrogen) atoms. The van der Waals surface area contributed by atoms with Gasteiger partial charge in [0.05, 0.1) is 12.2 Å². The van der Waals surface area contributed by atoms with Crippen molar-refractivity contribution in [3.05, 3.63) is 0 Å². The Labute approximate surface area is 86.8 Å².